The van der Waals surface area contributed by atoms with Crippen LogP contribution in [0.3, 0.4) is 0 Å². The van der Waals surface area contributed by atoms with Gasteiger partial charge in [-0.3, -0.25) is 9.48 Å². The summed E-state index contributed by atoms with van der Waals surface area (Å²) >= 11 is 0. The summed E-state index contributed by atoms with van der Waals surface area (Å²) in [6.07, 6.45) is 2.01. The van der Waals surface area contributed by atoms with Crippen molar-refractivity contribution in [2.75, 3.05) is 11.4 Å². The fourth-order valence-electron chi connectivity index (χ4n) is 3.61. The van der Waals surface area contributed by atoms with Crippen LogP contribution in [0.1, 0.15) is 28.1 Å². The molecule has 11 heteroatoms. The second-order valence-electron chi connectivity index (χ2n) is 7.55. The number of aryl methyl sites for hydroxylation is 2. The van der Waals surface area contributed by atoms with Gasteiger partial charge in [-0.25, -0.2) is 14.5 Å². The summed E-state index contributed by atoms with van der Waals surface area (Å²) in [5.41, 5.74) is 3.62. The Hall–Kier alpha value is -4.15. The van der Waals surface area contributed by atoms with Crippen LogP contribution >= 0.6 is 0 Å². The van der Waals surface area contributed by atoms with Gasteiger partial charge < -0.3 is 19.8 Å². The minimum Gasteiger partial charge on any atom is -0.465 e. The number of urea groups is 1. The number of benzene rings is 1. The first kappa shape index (κ1) is 21.1. The first-order chi connectivity index (χ1) is 15.3. The van der Waals surface area contributed by atoms with Crippen molar-refractivity contribution in [1.29, 1.82) is 0 Å². The molecule has 0 aliphatic carbocycles. The molecule has 166 valence electrons. The summed E-state index contributed by atoms with van der Waals surface area (Å²) in [5.74, 6) is 0.357. The van der Waals surface area contributed by atoms with Gasteiger partial charge in [0.2, 0.25) is 0 Å². The van der Waals surface area contributed by atoms with Crippen LogP contribution in [0.15, 0.2) is 41.2 Å². The highest BCUT2D eigenvalue weighted by Crippen LogP contribution is 2.23. The third kappa shape index (κ3) is 4.31. The topological polar surface area (TPSA) is 134 Å². The van der Waals surface area contributed by atoms with E-state index in [1.807, 2.05) is 19.9 Å². The maximum Gasteiger partial charge on any atom is 0.404 e. The number of nitrogens with one attached hydrogen (secondary N) is 1. The molecule has 3 heterocycles. The molecule has 1 aliphatic rings. The molecule has 4 rings (SSSR count). The van der Waals surface area contributed by atoms with E-state index >= 15 is 0 Å². The number of rotatable bonds is 7. The lowest BCUT2D eigenvalue weighted by atomic mass is 10.1. The van der Waals surface area contributed by atoms with Gasteiger partial charge in [0.1, 0.15) is 12.3 Å². The van der Waals surface area contributed by atoms with Gasteiger partial charge in [-0.05, 0) is 25.0 Å². The number of amides is 4. The van der Waals surface area contributed by atoms with E-state index in [0.29, 0.717) is 18.0 Å². The molecular weight excluding hydrogens is 416 g/mol. The van der Waals surface area contributed by atoms with Crippen molar-refractivity contribution in [3.63, 3.8) is 0 Å². The van der Waals surface area contributed by atoms with E-state index in [4.69, 9.17) is 9.63 Å². The van der Waals surface area contributed by atoms with Crippen molar-refractivity contribution in [2.45, 2.75) is 33.5 Å². The van der Waals surface area contributed by atoms with Crippen molar-refractivity contribution >= 4 is 23.7 Å². The van der Waals surface area contributed by atoms with Crippen LogP contribution in [0.25, 0.3) is 0 Å². The Morgan fingerprint density at radius 1 is 1.22 bits per heavy atom. The normalized spacial score (nSPS) is 13.8. The van der Waals surface area contributed by atoms with Crippen LogP contribution < -0.4 is 10.2 Å². The number of aromatic nitrogens is 3. The van der Waals surface area contributed by atoms with Gasteiger partial charge in [-0.2, -0.15) is 5.10 Å². The fraction of sp³-hybridized carbons (Fsp3) is 0.286. The molecule has 1 saturated heterocycles. The summed E-state index contributed by atoms with van der Waals surface area (Å²) in [6.45, 7) is 4.41. The van der Waals surface area contributed by atoms with Crippen LogP contribution in [-0.2, 0) is 24.4 Å². The molecule has 4 amide bonds. The highest BCUT2D eigenvalue weighted by molar-refractivity contribution is 6.19. The van der Waals surface area contributed by atoms with Crippen LogP contribution in [-0.4, -0.2) is 49.5 Å². The van der Waals surface area contributed by atoms with Gasteiger partial charge in [-0.15, -0.1) is 0 Å². The van der Waals surface area contributed by atoms with Crippen LogP contribution in [0.4, 0.5) is 15.3 Å². The van der Waals surface area contributed by atoms with Gasteiger partial charge >= 0.3 is 12.1 Å². The molecular formula is C21H22N6O5. The van der Waals surface area contributed by atoms with Crippen LogP contribution in [0.5, 0.6) is 0 Å². The lowest BCUT2D eigenvalue weighted by molar-refractivity contribution is -0.116. The van der Waals surface area contributed by atoms with E-state index in [0.717, 1.165) is 27.3 Å². The minimum absolute atomic E-state index is 0.0501. The second kappa shape index (κ2) is 8.53. The van der Waals surface area contributed by atoms with E-state index in [1.54, 1.807) is 29.1 Å². The number of carboxylic acid groups (broad SMARTS) is 1. The molecule has 0 spiro atoms. The Balaban J connectivity index is 1.45. The summed E-state index contributed by atoms with van der Waals surface area (Å²) in [6, 6.07) is 6.77. The maximum absolute atomic E-state index is 12.9. The van der Waals surface area contributed by atoms with E-state index in [1.165, 1.54) is 11.1 Å². The average molecular weight is 438 g/mol. The number of nitrogens with zero attached hydrogens (tertiary/aromatic N) is 5. The number of imide groups is 1. The smallest absolute Gasteiger partial charge is 0.404 e. The van der Waals surface area contributed by atoms with Gasteiger partial charge in [0.25, 0.3) is 5.91 Å². The third-order valence-electron chi connectivity index (χ3n) is 5.23. The zero-order valence-electron chi connectivity index (χ0n) is 17.6. The predicted octanol–water partition coefficient (Wildman–Crippen LogP) is 2.27. The molecule has 1 aromatic carbocycles. The maximum atomic E-state index is 12.9. The molecule has 0 bridgehead atoms. The molecule has 1 aliphatic heterocycles. The molecule has 2 N–H and O–H groups in total. The zero-order valence-corrected chi connectivity index (χ0v) is 17.6. The SMILES string of the molecule is Cc1noc(C)c1Cn1cc(N2C(=O)CN(Cc3cccc(CNC(=O)O)c3)C2=O)cn1. The quantitative estimate of drug-likeness (QED) is 0.541. The Morgan fingerprint density at radius 3 is 2.72 bits per heavy atom. The molecule has 11 nitrogen and oxygen atoms in total. The van der Waals surface area contributed by atoms with Gasteiger partial charge in [-0.1, -0.05) is 29.4 Å². The van der Waals surface area contributed by atoms with Crippen LogP contribution in [0.2, 0.25) is 0 Å². The first-order valence-corrected chi connectivity index (χ1v) is 9.92. The molecule has 2 aromatic heterocycles. The predicted molar refractivity (Wildman–Crippen MR) is 112 cm³/mol. The van der Waals surface area contributed by atoms with Gasteiger partial charge in [0, 0.05) is 24.8 Å². The highest BCUT2D eigenvalue weighted by atomic mass is 16.5. The molecule has 1 fully saturated rings. The zero-order chi connectivity index (χ0) is 22.8. The van der Waals surface area contributed by atoms with Crippen LogP contribution in [0, 0.1) is 13.8 Å². The number of carbonyl (C=O) groups excluding carboxylic acids is 2. The fourth-order valence-corrected chi connectivity index (χ4v) is 3.61. The first-order valence-electron chi connectivity index (χ1n) is 9.92. The van der Waals surface area contributed by atoms with E-state index in [-0.39, 0.29) is 25.5 Å². The standard InChI is InChI=1S/C21H22N6O5/c1-13-18(14(2)32-24-13)11-26-10-17(8-23-26)27-19(28)12-25(21(27)31)9-16-5-3-4-15(6-16)7-22-20(29)30/h3-6,8,10,22H,7,9,11-12H2,1-2H3,(H,29,30). The highest BCUT2D eigenvalue weighted by Gasteiger charge is 2.37. The second-order valence-corrected chi connectivity index (χ2v) is 7.55. The summed E-state index contributed by atoms with van der Waals surface area (Å²) < 4.78 is 6.79. The summed E-state index contributed by atoms with van der Waals surface area (Å²) in [4.78, 5) is 38.8. The van der Waals surface area contributed by atoms with E-state index < -0.39 is 12.1 Å². The Bertz CT molecular complexity index is 1160. The molecule has 0 radical (unpaired) electrons. The van der Waals surface area contributed by atoms with Crippen molar-refractivity contribution in [3.8, 4) is 0 Å². The number of hydrogen-bond acceptors (Lipinski definition) is 6. The lowest BCUT2D eigenvalue weighted by Gasteiger charge is -2.16. The summed E-state index contributed by atoms with van der Waals surface area (Å²) in [5, 5.41) is 19.3. The van der Waals surface area contributed by atoms with Crippen molar-refractivity contribution in [2.24, 2.45) is 0 Å². The lowest BCUT2D eigenvalue weighted by Crippen LogP contribution is -2.32. The molecule has 32 heavy (non-hydrogen) atoms. The Morgan fingerprint density at radius 2 is 2.00 bits per heavy atom. The number of hydrogen-bond donors (Lipinski definition) is 2. The third-order valence-corrected chi connectivity index (χ3v) is 5.23. The van der Waals surface area contributed by atoms with Gasteiger partial charge in [0.05, 0.1) is 24.1 Å². The van der Waals surface area contributed by atoms with Crippen molar-refractivity contribution < 1.29 is 24.0 Å². The van der Waals surface area contributed by atoms with Gasteiger partial charge in [0.15, 0.2) is 0 Å². The monoisotopic (exact) mass is 438 g/mol. The number of carbonyl (C=O) groups is 3. The Labute approximate surface area is 183 Å². The van der Waals surface area contributed by atoms with Crippen molar-refractivity contribution in [1.82, 2.24) is 25.2 Å². The largest absolute Gasteiger partial charge is 0.465 e. The number of anilines is 1. The molecule has 0 saturated carbocycles. The average Bonchev–Trinajstić information content (AvgIpc) is 3.41. The van der Waals surface area contributed by atoms with E-state index in [9.17, 15) is 14.4 Å². The minimum atomic E-state index is -1.11. The molecule has 0 atom stereocenters. The summed E-state index contributed by atoms with van der Waals surface area (Å²) in [7, 11) is 0. The van der Waals surface area contributed by atoms with Crippen molar-refractivity contribution in [3.05, 3.63) is 64.8 Å². The van der Waals surface area contributed by atoms with E-state index in [2.05, 4.69) is 15.6 Å². The molecule has 0 unspecified atom stereocenters. The molecule has 3 aromatic rings. The Kier molecular flexibility index (Phi) is 5.63.